The van der Waals surface area contributed by atoms with Crippen molar-refractivity contribution in [2.24, 2.45) is 0 Å². The molecule has 0 saturated carbocycles. The second-order valence-corrected chi connectivity index (χ2v) is 7.81. The van der Waals surface area contributed by atoms with Gasteiger partial charge in [0.05, 0.1) is 17.7 Å². The molecule has 138 valence electrons. The summed E-state index contributed by atoms with van der Waals surface area (Å²) in [6, 6.07) is 14.5. The van der Waals surface area contributed by atoms with Crippen LogP contribution in [0.3, 0.4) is 0 Å². The summed E-state index contributed by atoms with van der Waals surface area (Å²) in [5, 5.41) is 2.19. The first kappa shape index (κ1) is 19.4. The highest BCUT2D eigenvalue weighted by Gasteiger charge is 2.36. The fourth-order valence-corrected chi connectivity index (χ4v) is 3.63. The summed E-state index contributed by atoms with van der Waals surface area (Å²) in [6.45, 7) is -0.354. The number of nitrogens with one attached hydrogen (secondary N) is 1. The summed E-state index contributed by atoms with van der Waals surface area (Å²) < 4.78 is 6.25. The highest BCUT2D eigenvalue weighted by molar-refractivity contribution is 14.1. The van der Waals surface area contributed by atoms with Crippen LogP contribution in [-0.2, 0) is 9.59 Å². The molecule has 0 radical (unpaired) electrons. The summed E-state index contributed by atoms with van der Waals surface area (Å²) in [7, 11) is 1.50. The van der Waals surface area contributed by atoms with Gasteiger partial charge in [-0.2, -0.15) is 0 Å². The molecule has 1 aliphatic heterocycles. The molecule has 8 heteroatoms. The smallest absolute Gasteiger partial charge is 0.294 e. The third-order valence-corrected chi connectivity index (χ3v) is 5.35. The van der Waals surface area contributed by atoms with Gasteiger partial charge >= 0.3 is 0 Å². The lowest BCUT2D eigenvalue weighted by Gasteiger charge is -2.14. The molecule has 6 nitrogen and oxygen atoms in total. The van der Waals surface area contributed by atoms with Crippen molar-refractivity contribution < 1.29 is 19.1 Å². The molecule has 3 amide bonds. The molecule has 0 unspecified atom stereocenters. The lowest BCUT2D eigenvalue weighted by atomic mass is 10.2. The van der Waals surface area contributed by atoms with Gasteiger partial charge in [0.15, 0.2) is 0 Å². The van der Waals surface area contributed by atoms with E-state index in [0.29, 0.717) is 16.3 Å². The van der Waals surface area contributed by atoms with E-state index in [9.17, 15) is 14.4 Å². The Hall–Kier alpha value is -2.33. The zero-order valence-electron chi connectivity index (χ0n) is 14.3. The van der Waals surface area contributed by atoms with Crippen LogP contribution < -0.4 is 10.1 Å². The standard InChI is InChI=1S/C19H15IN2O4S/c1-26-15-5-3-2-4-14(15)21-17(23)11-22-18(24)16(27-19(22)25)10-12-6-8-13(20)9-7-12/h2-10H,11H2,1H3,(H,21,23)/b16-10-. The largest absolute Gasteiger partial charge is 0.495 e. The second kappa shape index (κ2) is 8.57. The molecule has 0 aromatic heterocycles. The number of hydrogen-bond acceptors (Lipinski definition) is 5. The van der Waals surface area contributed by atoms with Crippen LogP contribution in [0.5, 0.6) is 5.75 Å². The van der Waals surface area contributed by atoms with Crippen molar-refractivity contribution >= 4 is 63.2 Å². The van der Waals surface area contributed by atoms with Crippen LogP contribution in [0.1, 0.15) is 5.56 Å². The number of methoxy groups -OCH3 is 1. The van der Waals surface area contributed by atoms with Crippen molar-refractivity contribution in [1.29, 1.82) is 0 Å². The molecule has 1 fully saturated rings. The number of carbonyl (C=O) groups excluding carboxylic acids is 3. The van der Waals surface area contributed by atoms with Crippen LogP contribution >= 0.6 is 34.4 Å². The quantitative estimate of drug-likeness (QED) is 0.503. The number of carbonyl (C=O) groups is 3. The maximum absolute atomic E-state index is 12.5. The van der Waals surface area contributed by atoms with Gasteiger partial charge in [-0.1, -0.05) is 24.3 Å². The third kappa shape index (κ3) is 4.69. The predicted octanol–water partition coefficient (Wildman–Crippen LogP) is 3.97. The number of rotatable bonds is 5. The summed E-state index contributed by atoms with van der Waals surface area (Å²) in [5.74, 6) is -0.449. The summed E-state index contributed by atoms with van der Waals surface area (Å²) in [5.41, 5.74) is 1.30. The van der Waals surface area contributed by atoms with Gasteiger partial charge < -0.3 is 10.1 Å². The molecule has 2 aromatic carbocycles. The lowest BCUT2D eigenvalue weighted by molar-refractivity contribution is -0.127. The summed E-state index contributed by atoms with van der Waals surface area (Å²) >= 11 is 3.02. The molecule has 2 aromatic rings. The molecule has 0 aliphatic carbocycles. The van der Waals surface area contributed by atoms with Crippen LogP contribution in [0.15, 0.2) is 53.4 Å². The van der Waals surface area contributed by atoms with E-state index in [1.165, 1.54) is 7.11 Å². The summed E-state index contributed by atoms with van der Waals surface area (Å²) in [6.07, 6.45) is 1.65. The van der Waals surface area contributed by atoms with E-state index in [1.807, 2.05) is 24.3 Å². The third-order valence-electron chi connectivity index (χ3n) is 3.72. The number of halogens is 1. The van der Waals surface area contributed by atoms with Gasteiger partial charge in [0.2, 0.25) is 5.91 Å². The molecule has 0 bridgehead atoms. The minimum absolute atomic E-state index is 0.297. The van der Waals surface area contributed by atoms with Gasteiger partial charge in [0, 0.05) is 3.57 Å². The van der Waals surface area contributed by atoms with E-state index >= 15 is 0 Å². The zero-order chi connectivity index (χ0) is 19.4. The molecule has 3 rings (SSSR count). The number of amides is 3. The van der Waals surface area contributed by atoms with Gasteiger partial charge in [-0.3, -0.25) is 19.3 Å². The Bertz CT molecular complexity index is 928. The van der Waals surface area contributed by atoms with Crippen LogP contribution in [0, 0.1) is 3.57 Å². The Morgan fingerprint density at radius 3 is 2.59 bits per heavy atom. The van der Waals surface area contributed by atoms with E-state index in [2.05, 4.69) is 27.9 Å². The van der Waals surface area contributed by atoms with E-state index in [4.69, 9.17) is 4.74 Å². The molecular formula is C19H15IN2O4S. The van der Waals surface area contributed by atoms with Crippen LogP contribution in [0.25, 0.3) is 6.08 Å². The highest BCUT2D eigenvalue weighted by Crippen LogP contribution is 2.32. The number of hydrogen-bond donors (Lipinski definition) is 1. The topological polar surface area (TPSA) is 75.7 Å². The molecule has 0 atom stereocenters. The number of thioether (sulfide) groups is 1. The van der Waals surface area contributed by atoms with Gasteiger partial charge in [0.1, 0.15) is 12.3 Å². The average Bonchev–Trinajstić information content (AvgIpc) is 2.91. The Labute approximate surface area is 174 Å². The van der Waals surface area contributed by atoms with Crippen molar-refractivity contribution in [3.05, 3.63) is 62.6 Å². The van der Waals surface area contributed by atoms with Crippen LogP contribution in [0.2, 0.25) is 0 Å². The summed E-state index contributed by atoms with van der Waals surface area (Å²) in [4.78, 5) is 38.2. The molecule has 27 heavy (non-hydrogen) atoms. The first-order valence-electron chi connectivity index (χ1n) is 7.92. The fourth-order valence-electron chi connectivity index (χ4n) is 2.43. The van der Waals surface area contributed by atoms with E-state index in [-0.39, 0.29) is 6.54 Å². The Kier molecular flexibility index (Phi) is 6.17. The maximum atomic E-state index is 12.5. The zero-order valence-corrected chi connectivity index (χ0v) is 17.2. The molecule has 1 N–H and O–H groups in total. The van der Waals surface area contributed by atoms with Crippen molar-refractivity contribution in [3.8, 4) is 5.75 Å². The number of nitrogens with zero attached hydrogens (tertiary/aromatic N) is 1. The minimum atomic E-state index is -0.475. The lowest BCUT2D eigenvalue weighted by Crippen LogP contribution is -2.36. The predicted molar refractivity (Wildman–Crippen MR) is 113 cm³/mol. The van der Waals surface area contributed by atoms with Gasteiger partial charge in [-0.05, 0) is 70.3 Å². The average molecular weight is 494 g/mol. The number of ether oxygens (including phenoxy) is 1. The van der Waals surface area contributed by atoms with Gasteiger partial charge in [-0.25, -0.2) is 0 Å². The second-order valence-electron chi connectivity index (χ2n) is 5.57. The van der Waals surface area contributed by atoms with E-state index < -0.39 is 17.1 Å². The SMILES string of the molecule is COc1ccccc1NC(=O)CN1C(=O)S/C(=C\c2ccc(I)cc2)C1=O. The molecule has 1 heterocycles. The monoisotopic (exact) mass is 494 g/mol. The first-order chi connectivity index (χ1) is 13.0. The number of anilines is 1. The molecule has 0 spiro atoms. The number of para-hydroxylation sites is 2. The highest BCUT2D eigenvalue weighted by atomic mass is 127. The molecule has 1 saturated heterocycles. The Balaban J connectivity index is 1.70. The first-order valence-corrected chi connectivity index (χ1v) is 9.81. The Morgan fingerprint density at radius 2 is 1.89 bits per heavy atom. The normalized spacial score (nSPS) is 15.3. The van der Waals surface area contributed by atoms with Crippen molar-refractivity contribution in [2.45, 2.75) is 0 Å². The van der Waals surface area contributed by atoms with Crippen molar-refractivity contribution in [2.75, 3.05) is 19.0 Å². The maximum Gasteiger partial charge on any atom is 0.294 e. The molecular weight excluding hydrogens is 479 g/mol. The fraction of sp³-hybridized carbons (Fsp3) is 0.105. The number of benzene rings is 2. The van der Waals surface area contributed by atoms with Crippen molar-refractivity contribution in [3.63, 3.8) is 0 Å². The minimum Gasteiger partial charge on any atom is -0.495 e. The van der Waals surface area contributed by atoms with Crippen LogP contribution in [-0.4, -0.2) is 35.6 Å². The Morgan fingerprint density at radius 1 is 1.19 bits per heavy atom. The van der Waals surface area contributed by atoms with Gasteiger partial charge in [0.25, 0.3) is 11.1 Å². The molecule has 1 aliphatic rings. The van der Waals surface area contributed by atoms with Crippen molar-refractivity contribution in [1.82, 2.24) is 4.90 Å². The van der Waals surface area contributed by atoms with Crippen LogP contribution in [0.4, 0.5) is 10.5 Å². The van der Waals surface area contributed by atoms with E-state index in [0.717, 1.165) is 25.8 Å². The number of imide groups is 1. The van der Waals surface area contributed by atoms with E-state index in [1.54, 1.807) is 30.3 Å². The van der Waals surface area contributed by atoms with Gasteiger partial charge in [-0.15, -0.1) is 0 Å².